The molecule has 0 bridgehead atoms. The summed E-state index contributed by atoms with van der Waals surface area (Å²) < 4.78 is 13.5. The highest BCUT2D eigenvalue weighted by Gasteiger charge is 1.99. The number of phosphoric ester groups is 1. The second-order valence-electron chi connectivity index (χ2n) is 2.20. The third-order valence-electron chi connectivity index (χ3n) is 1.10. The molecular formula is C6H8O6PS-3. The molecule has 6 nitrogen and oxygen atoms in total. The van der Waals surface area contributed by atoms with Gasteiger partial charge in [-0.15, -0.1) is 0 Å². The van der Waals surface area contributed by atoms with E-state index in [2.05, 4.69) is 4.52 Å². The van der Waals surface area contributed by atoms with Crippen molar-refractivity contribution in [1.29, 1.82) is 0 Å². The van der Waals surface area contributed by atoms with Crippen molar-refractivity contribution in [2.45, 2.75) is 6.42 Å². The van der Waals surface area contributed by atoms with Crippen LogP contribution in [0.3, 0.4) is 0 Å². The molecule has 0 amide bonds. The Labute approximate surface area is 85.2 Å². The molecule has 0 heterocycles. The summed E-state index contributed by atoms with van der Waals surface area (Å²) in [4.78, 5) is 30.7. The SMILES string of the molecule is CSCCC(=O)/C([O-])=C/OP(=O)([O-])[O-]. The van der Waals surface area contributed by atoms with Gasteiger partial charge < -0.3 is 24.0 Å². The van der Waals surface area contributed by atoms with E-state index in [1.807, 2.05) is 0 Å². The predicted molar refractivity (Wildman–Crippen MR) is 44.8 cm³/mol. The number of ketones is 1. The molecule has 0 saturated heterocycles. The topological polar surface area (TPSA) is 113 Å². The van der Waals surface area contributed by atoms with E-state index in [4.69, 9.17) is 0 Å². The van der Waals surface area contributed by atoms with E-state index in [0.29, 0.717) is 5.75 Å². The minimum atomic E-state index is -5.22. The normalized spacial score (nSPS) is 12.6. The summed E-state index contributed by atoms with van der Waals surface area (Å²) in [6.45, 7) is 0. The fourth-order valence-electron chi connectivity index (χ4n) is 0.496. The van der Waals surface area contributed by atoms with Gasteiger partial charge in [-0.2, -0.15) is 11.8 Å². The smallest absolute Gasteiger partial charge is 0.151 e. The number of carbonyl (C=O) groups is 1. The maximum atomic E-state index is 10.9. The van der Waals surface area contributed by atoms with Gasteiger partial charge >= 0.3 is 0 Å². The number of hydrogen-bond donors (Lipinski definition) is 0. The zero-order valence-corrected chi connectivity index (χ0v) is 9.01. The van der Waals surface area contributed by atoms with Gasteiger partial charge in [-0.05, 0) is 12.0 Å². The first-order chi connectivity index (χ1) is 6.37. The lowest BCUT2D eigenvalue weighted by molar-refractivity contribution is -0.340. The standard InChI is InChI=1S/C6H11O6PS/c1-14-3-2-5(7)6(8)4-12-13(9,10)11/h4,8H,2-3H2,1H3,(H2,9,10,11)/p-3/b6-4-. The van der Waals surface area contributed by atoms with E-state index in [1.54, 1.807) is 6.26 Å². The van der Waals surface area contributed by atoms with E-state index in [-0.39, 0.29) is 12.7 Å². The highest BCUT2D eigenvalue weighted by atomic mass is 32.2. The third-order valence-corrected chi connectivity index (χ3v) is 2.07. The predicted octanol–water partition coefficient (Wildman–Crippen LogP) is -1.64. The van der Waals surface area contributed by atoms with Crippen molar-refractivity contribution in [3.8, 4) is 0 Å². The molecule has 0 aliphatic heterocycles. The van der Waals surface area contributed by atoms with Crippen LogP contribution in [0.25, 0.3) is 0 Å². The van der Waals surface area contributed by atoms with Gasteiger partial charge in [0.1, 0.15) is 7.82 Å². The molecule has 0 aliphatic rings. The van der Waals surface area contributed by atoms with Crippen LogP contribution in [0.4, 0.5) is 0 Å². The lowest BCUT2D eigenvalue weighted by Crippen LogP contribution is -2.19. The zero-order chi connectivity index (χ0) is 11.2. The highest BCUT2D eigenvalue weighted by Crippen LogP contribution is 2.25. The Morgan fingerprint density at radius 1 is 1.57 bits per heavy atom. The molecule has 8 heteroatoms. The van der Waals surface area contributed by atoms with Gasteiger partial charge in [-0.3, -0.25) is 4.79 Å². The van der Waals surface area contributed by atoms with Crippen molar-refractivity contribution in [2.24, 2.45) is 0 Å². The molecule has 0 aliphatic carbocycles. The maximum absolute atomic E-state index is 10.9. The largest absolute Gasteiger partial charge is 0.868 e. The Hall–Kier alpha value is -0.490. The quantitative estimate of drug-likeness (QED) is 0.310. The summed E-state index contributed by atoms with van der Waals surface area (Å²) in [5.41, 5.74) is 0. The average molecular weight is 239 g/mol. The van der Waals surface area contributed by atoms with Gasteiger partial charge in [0.15, 0.2) is 5.78 Å². The molecule has 14 heavy (non-hydrogen) atoms. The summed E-state index contributed by atoms with van der Waals surface area (Å²) in [5, 5.41) is 10.8. The van der Waals surface area contributed by atoms with Crippen molar-refractivity contribution >= 4 is 25.4 Å². The van der Waals surface area contributed by atoms with E-state index in [9.17, 15) is 24.3 Å². The van der Waals surface area contributed by atoms with Gasteiger partial charge in [0.25, 0.3) is 0 Å². The Balaban J connectivity index is 4.11. The van der Waals surface area contributed by atoms with E-state index < -0.39 is 19.4 Å². The number of thioether (sulfide) groups is 1. The number of phosphoric acid groups is 1. The van der Waals surface area contributed by atoms with Crippen LogP contribution in [0.1, 0.15) is 6.42 Å². The number of rotatable bonds is 6. The number of allylic oxidation sites excluding steroid dienone is 1. The van der Waals surface area contributed by atoms with E-state index >= 15 is 0 Å². The zero-order valence-electron chi connectivity index (χ0n) is 7.30. The summed E-state index contributed by atoms with van der Waals surface area (Å²) in [7, 11) is -5.22. The minimum Gasteiger partial charge on any atom is -0.868 e. The molecule has 0 radical (unpaired) electrons. The van der Waals surface area contributed by atoms with Crippen LogP contribution in [-0.2, 0) is 13.9 Å². The van der Waals surface area contributed by atoms with Crippen LogP contribution in [0.15, 0.2) is 12.0 Å². The molecule has 0 atom stereocenters. The molecule has 0 rings (SSSR count). The highest BCUT2D eigenvalue weighted by molar-refractivity contribution is 7.98. The molecule has 0 spiro atoms. The fraction of sp³-hybridized carbons (Fsp3) is 0.500. The van der Waals surface area contributed by atoms with Gasteiger partial charge in [0.2, 0.25) is 0 Å². The van der Waals surface area contributed by atoms with Gasteiger partial charge in [-0.1, -0.05) is 0 Å². The van der Waals surface area contributed by atoms with Crippen molar-refractivity contribution in [1.82, 2.24) is 0 Å². The van der Waals surface area contributed by atoms with Crippen molar-refractivity contribution in [3.05, 3.63) is 12.0 Å². The van der Waals surface area contributed by atoms with Gasteiger partial charge in [-0.25, -0.2) is 0 Å². The molecule has 0 N–H and O–H groups in total. The summed E-state index contributed by atoms with van der Waals surface area (Å²) in [5.74, 6) is -1.45. The lowest BCUT2D eigenvalue weighted by Gasteiger charge is -2.28. The van der Waals surface area contributed by atoms with Crippen LogP contribution in [0.2, 0.25) is 0 Å². The van der Waals surface area contributed by atoms with Gasteiger partial charge in [0.05, 0.1) is 6.26 Å². The molecule has 0 fully saturated rings. The van der Waals surface area contributed by atoms with Crippen molar-refractivity contribution < 1.29 is 28.8 Å². The monoisotopic (exact) mass is 239 g/mol. The summed E-state index contributed by atoms with van der Waals surface area (Å²) in [6.07, 6.45) is 1.87. The Kier molecular flexibility index (Phi) is 5.87. The molecule has 0 unspecified atom stereocenters. The minimum absolute atomic E-state index is 0.0120. The van der Waals surface area contributed by atoms with Crippen molar-refractivity contribution in [3.63, 3.8) is 0 Å². The second-order valence-corrected chi connectivity index (χ2v) is 4.29. The number of Topliss-reactive ketones (excluding diaryl/α,β-unsaturated/α-hetero) is 1. The van der Waals surface area contributed by atoms with Gasteiger partial charge in [0, 0.05) is 12.2 Å². The lowest BCUT2D eigenvalue weighted by atomic mass is 10.3. The second kappa shape index (κ2) is 6.08. The maximum Gasteiger partial charge on any atom is 0.151 e. The number of hydrogen-bond acceptors (Lipinski definition) is 7. The van der Waals surface area contributed by atoms with Crippen LogP contribution in [0.5, 0.6) is 0 Å². The summed E-state index contributed by atoms with van der Waals surface area (Å²) >= 11 is 1.36. The van der Waals surface area contributed by atoms with Crippen LogP contribution < -0.4 is 14.9 Å². The molecule has 0 saturated carbocycles. The molecule has 82 valence electrons. The average Bonchev–Trinajstić information content (AvgIpc) is 2.09. The molecule has 0 aromatic heterocycles. The Morgan fingerprint density at radius 3 is 2.57 bits per heavy atom. The Bertz CT molecular complexity index is 269. The first kappa shape index (κ1) is 13.5. The number of carbonyl (C=O) groups excluding carboxylic acids is 1. The van der Waals surface area contributed by atoms with E-state index in [1.165, 1.54) is 11.8 Å². The molecule has 0 aromatic carbocycles. The summed E-state index contributed by atoms with van der Waals surface area (Å²) in [6, 6.07) is 0. The first-order valence-electron chi connectivity index (χ1n) is 3.46. The molecular weight excluding hydrogens is 231 g/mol. The molecule has 0 aromatic rings. The van der Waals surface area contributed by atoms with Crippen LogP contribution in [0, 0.1) is 0 Å². The van der Waals surface area contributed by atoms with Crippen molar-refractivity contribution in [2.75, 3.05) is 12.0 Å². The Morgan fingerprint density at radius 2 is 2.14 bits per heavy atom. The first-order valence-corrected chi connectivity index (χ1v) is 6.32. The van der Waals surface area contributed by atoms with Crippen LogP contribution in [-0.4, -0.2) is 17.8 Å². The van der Waals surface area contributed by atoms with Crippen LogP contribution >= 0.6 is 19.6 Å². The fourth-order valence-corrected chi connectivity index (χ4v) is 1.11. The third kappa shape index (κ3) is 6.97. The van der Waals surface area contributed by atoms with E-state index in [0.717, 1.165) is 0 Å².